The van der Waals surface area contributed by atoms with Crippen molar-refractivity contribution in [3.05, 3.63) is 41.0 Å². The lowest BCUT2D eigenvalue weighted by Gasteiger charge is -2.15. The maximum absolute atomic E-state index is 12.0. The van der Waals surface area contributed by atoms with Crippen LogP contribution in [0.3, 0.4) is 0 Å². The van der Waals surface area contributed by atoms with Crippen molar-refractivity contribution in [2.45, 2.75) is 6.92 Å². The van der Waals surface area contributed by atoms with Crippen LogP contribution in [0.5, 0.6) is 5.75 Å². The fourth-order valence-electron chi connectivity index (χ4n) is 1.82. The molecule has 0 aliphatic heterocycles. The van der Waals surface area contributed by atoms with E-state index in [9.17, 15) is 14.4 Å². The van der Waals surface area contributed by atoms with Crippen molar-refractivity contribution in [2.24, 2.45) is 0 Å². The van der Waals surface area contributed by atoms with Crippen LogP contribution in [0.4, 0.5) is 0 Å². The fraction of sp³-hybridized carbons (Fsp3) is 0.154. The van der Waals surface area contributed by atoms with Crippen molar-refractivity contribution >= 4 is 17.3 Å². The summed E-state index contributed by atoms with van der Waals surface area (Å²) in [6.45, 7) is 1.27. The maximum atomic E-state index is 12.0. The Morgan fingerprint density at radius 3 is 2.53 bits per heavy atom. The number of carbonyl (C=O) groups excluding carboxylic acids is 3. The zero-order valence-corrected chi connectivity index (χ0v) is 9.44. The summed E-state index contributed by atoms with van der Waals surface area (Å²) in [5.74, 6) is -0.857. The van der Waals surface area contributed by atoms with Gasteiger partial charge in [-0.1, -0.05) is 12.1 Å². The van der Waals surface area contributed by atoms with Crippen LogP contribution in [-0.2, 0) is 4.79 Å². The topological polar surface area (TPSA) is 60.4 Å². The van der Waals surface area contributed by atoms with Crippen molar-refractivity contribution in [2.75, 3.05) is 7.11 Å². The van der Waals surface area contributed by atoms with Gasteiger partial charge in [-0.2, -0.15) is 0 Å². The minimum absolute atomic E-state index is 0.0734. The van der Waals surface area contributed by atoms with E-state index in [-0.39, 0.29) is 22.5 Å². The van der Waals surface area contributed by atoms with Gasteiger partial charge in [-0.15, -0.1) is 0 Å². The van der Waals surface area contributed by atoms with Crippen LogP contribution < -0.4 is 4.74 Å². The summed E-state index contributed by atoms with van der Waals surface area (Å²) < 4.78 is 5.04. The fourth-order valence-corrected chi connectivity index (χ4v) is 1.82. The van der Waals surface area contributed by atoms with E-state index in [1.807, 2.05) is 0 Å². The molecule has 1 aliphatic rings. The number of hydrogen-bond donors (Lipinski definition) is 0. The summed E-state index contributed by atoms with van der Waals surface area (Å²) in [6.07, 6.45) is 1.08. The molecule has 0 unspecified atom stereocenters. The van der Waals surface area contributed by atoms with Crippen molar-refractivity contribution < 1.29 is 19.1 Å². The predicted molar refractivity (Wildman–Crippen MR) is 60.4 cm³/mol. The van der Waals surface area contributed by atoms with Crippen molar-refractivity contribution in [3.63, 3.8) is 0 Å². The van der Waals surface area contributed by atoms with Gasteiger partial charge in [0.15, 0.2) is 17.3 Å². The largest absolute Gasteiger partial charge is 0.496 e. The van der Waals surface area contributed by atoms with E-state index in [1.165, 1.54) is 20.1 Å². The molecule has 0 saturated carbocycles. The van der Waals surface area contributed by atoms with Gasteiger partial charge in [-0.3, -0.25) is 14.4 Å². The second kappa shape index (κ2) is 3.97. The van der Waals surface area contributed by atoms with Gasteiger partial charge in [0.05, 0.1) is 18.2 Å². The molecule has 1 aromatic rings. The summed E-state index contributed by atoms with van der Waals surface area (Å²) in [5, 5.41) is 0. The summed E-state index contributed by atoms with van der Waals surface area (Å²) in [4.78, 5) is 35.1. The number of Topliss-reactive ketones (excluding diaryl/α,β-unsaturated/α-hetero) is 2. The summed E-state index contributed by atoms with van der Waals surface area (Å²) in [5.41, 5.74) is 0.378. The van der Waals surface area contributed by atoms with Gasteiger partial charge in [-0.05, 0) is 13.0 Å². The Bertz CT molecular complexity index is 567. The molecular weight excluding hydrogens is 220 g/mol. The highest BCUT2D eigenvalue weighted by Gasteiger charge is 2.29. The van der Waals surface area contributed by atoms with Gasteiger partial charge < -0.3 is 4.74 Å². The number of methoxy groups -OCH3 is 1. The first-order valence-corrected chi connectivity index (χ1v) is 5.05. The molecule has 0 spiro atoms. The number of allylic oxidation sites excluding steroid dienone is 2. The lowest BCUT2D eigenvalue weighted by Crippen LogP contribution is -2.21. The minimum Gasteiger partial charge on any atom is -0.496 e. The molecule has 1 aromatic carbocycles. The maximum Gasteiger partial charge on any atom is 0.197 e. The Morgan fingerprint density at radius 1 is 1.24 bits per heavy atom. The average Bonchev–Trinajstić information content (AvgIpc) is 2.32. The first kappa shape index (κ1) is 11.3. The zero-order valence-electron chi connectivity index (χ0n) is 9.44. The Labute approximate surface area is 97.9 Å². The van der Waals surface area contributed by atoms with E-state index in [4.69, 9.17) is 4.74 Å². The van der Waals surface area contributed by atoms with Crippen LogP contribution in [0.25, 0.3) is 0 Å². The van der Waals surface area contributed by atoms with Crippen LogP contribution in [0.15, 0.2) is 29.8 Å². The quantitative estimate of drug-likeness (QED) is 0.724. The Morgan fingerprint density at radius 2 is 1.94 bits per heavy atom. The molecule has 0 bridgehead atoms. The molecule has 2 rings (SSSR count). The lowest BCUT2D eigenvalue weighted by molar-refractivity contribution is -0.113. The number of carbonyl (C=O) groups is 3. The molecule has 0 aromatic heterocycles. The van der Waals surface area contributed by atoms with E-state index in [2.05, 4.69) is 0 Å². The molecule has 4 heteroatoms. The third-order valence-corrected chi connectivity index (χ3v) is 2.64. The number of rotatable bonds is 2. The van der Waals surface area contributed by atoms with Gasteiger partial charge in [0.1, 0.15) is 5.75 Å². The van der Waals surface area contributed by atoms with Crippen molar-refractivity contribution in [1.29, 1.82) is 0 Å². The average molecular weight is 230 g/mol. The molecule has 0 fully saturated rings. The number of ether oxygens (including phenoxy) is 1. The smallest absolute Gasteiger partial charge is 0.197 e. The van der Waals surface area contributed by atoms with Crippen molar-refractivity contribution in [1.82, 2.24) is 0 Å². The standard InChI is InChI=1S/C13H10O4/c1-7(14)9-6-10(15)12-8(13(9)16)4-3-5-11(12)17-2/h3-6H,1-2H3. The Balaban J connectivity index is 2.67. The molecule has 0 radical (unpaired) electrons. The molecule has 17 heavy (non-hydrogen) atoms. The third kappa shape index (κ3) is 1.67. The highest BCUT2D eigenvalue weighted by atomic mass is 16.5. The predicted octanol–water partition coefficient (Wildman–Crippen LogP) is 1.59. The van der Waals surface area contributed by atoms with Crippen LogP contribution in [0.1, 0.15) is 27.6 Å². The second-order valence-electron chi connectivity index (χ2n) is 3.69. The normalized spacial score (nSPS) is 14.1. The molecule has 0 saturated heterocycles. The monoisotopic (exact) mass is 230 g/mol. The number of fused-ring (bicyclic) bond motifs is 1. The molecule has 0 N–H and O–H groups in total. The van der Waals surface area contributed by atoms with Crippen molar-refractivity contribution in [3.8, 4) is 5.75 Å². The van der Waals surface area contributed by atoms with Gasteiger partial charge in [0, 0.05) is 11.6 Å². The van der Waals surface area contributed by atoms with Crippen LogP contribution in [-0.4, -0.2) is 24.5 Å². The third-order valence-electron chi connectivity index (χ3n) is 2.64. The van der Waals surface area contributed by atoms with Gasteiger partial charge in [0.2, 0.25) is 0 Å². The number of ketones is 3. The van der Waals surface area contributed by atoms with E-state index in [0.717, 1.165) is 6.08 Å². The van der Waals surface area contributed by atoms with Crippen LogP contribution in [0.2, 0.25) is 0 Å². The van der Waals surface area contributed by atoms with Gasteiger partial charge in [-0.25, -0.2) is 0 Å². The Hall–Kier alpha value is -2.23. The number of benzene rings is 1. The molecule has 1 aliphatic carbocycles. The Kier molecular flexibility index (Phi) is 2.63. The first-order valence-electron chi connectivity index (χ1n) is 5.05. The molecule has 0 heterocycles. The van der Waals surface area contributed by atoms with E-state index in [0.29, 0.717) is 5.75 Å². The van der Waals surface area contributed by atoms with E-state index in [1.54, 1.807) is 12.1 Å². The molecular formula is C13H10O4. The molecule has 0 amide bonds. The minimum atomic E-state index is -0.425. The summed E-state index contributed by atoms with van der Waals surface area (Å²) >= 11 is 0. The van der Waals surface area contributed by atoms with E-state index >= 15 is 0 Å². The molecule has 86 valence electrons. The van der Waals surface area contributed by atoms with Gasteiger partial charge in [0.25, 0.3) is 0 Å². The SMILES string of the molecule is COc1cccc2c1C(=O)C=C(C(C)=O)C2=O. The highest BCUT2D eigenvalue weighted by molar-refractivity contribution is 6.35. The highest BCUT2D eigenvalue weighted by Crippen LogP contribution is 2.29. The first-order chi connectivity index (χ1) is 8.06. The zero-order chi connectivity index (χ0) is 12.6. The summed E-state index contributed by atoms with van der Waals surface area (Å²) in [6, 6.07) is 4.75. The van der Waals surface area contributed by atoms with Crippen LogP contribution in [0, 0.1) is 0 Å². The lowest BCUT2D eigenvalue weighted by atomic mass is 9.87. The molecule has 4 nitrogen and oxygen atoms in total. The second-order valence-corrected chi connectivity index (χ2v) is 3.69. The number of hydrogen-bond acceptors (Lipinski definition) is 4. The molecule has 0 atom stereocenters. The van der Waals surface area contributed by atoms with Gasteiger partial charge >= 0.3 is 0 Å². The van der Waals surface area contributed by atoms with Crippen LogP contribution >= 0.6 is 0 Å². The van der Waals surface area contributed by atoms with E-state index < -0.39 is 11.6 Å². The summed E-state index contributed by atoms with van der Waals surface area (Å²) in [7, 11) is 1.43.